The van der Waals surface area contributed by atoms with Crippen molar-refractivity contribution >= 4 is 11.7 Å². The third-order valence-electron chi connectivity index (χ3n) is 2.46. The van der Waals surface area contributed by atoms with Gasteiger partial charge in [0.25, 0.3) is 5.91 Å². The summed E-state index contributed by atoms with van der Waals surface area (Å²) in [4.78, 5) is 19.5. The molecule has 0 fully saturated rings. The molecule has 5 nitrogen and oxygen atoms in total. The van der Waals surface area contributed by atoms with Crippen molar-refractivity contribution in [1.82, 2.24) is 15.3 Å². The Hall–Kier alpha value is -1.65. The maximum absolute atomic E-state index is 11.8. The molecule has 0 aliphatic heterocycles. The summed E-state index contributed by atoms with van der Waals surface area (Å²) in [6.45, 7) is 6.32. The second-order valence-corrected chi connectivity index (χ2v) is 4.67. The number of rotatable bonds is 5. The van der Waals surface area contributed by atoms with Crippen LogP contribution in [0.2, 0.25) is 0 Å². The predicted octanol–water partition coefficient (Wildman–Crippen LogP) is 1.61. The van der Waals surface area contributed by atoms with Gasteiger partial charge in [0, 0.05) is 6.04 Å². The van der Waals surface area contributed by atoms with Crippen molar-refractivity contribution in [3.05, 3.63) is 18.1 Å². The number of aromatic nitrogens is 2. The SMILES string of the molecule is CC(C)CCC(C)NC(=O)c1cnc(N)cn1. The van der Waals surface area contributed by atoms with E-state index >= 15 is 0 Å². The summed E-state index contributed by atoms with van der Waals surface area (Å²) in [5.41, 5.74) is 5.71. The van der Waals surface area contributed by atoms with Gasteiger partial charge in [-0.05, 0) is 25.7 Å². The lowest BCUT2D eigenvalue weighted by molar-refractivity contribution is 0.0932. The molecule has 0 aromatic carbocycles. The molecule has 0 saturated carbocycles. The number of nitrogen functional groups attached to an aromatic ring is 1. The lowest BCUT2D eigenvalue weighted by atomic mass is 10.0. The minimum absolute atomic E-state index is 0.143. The van der Waals surface area contributed by atoms with Gasteiger partial charge >= 0.3 is 0 Å². The van der Waals surface area contributed by atoms with Crippen LogP contribution in [0.15, 0.2) is 12.4 Å². The number of amides is 1. The molecule has 0 radical (unpaired) electrons. The van der Waals surface area contributed by atoms with E-state index < -0.39 is 0 Å². The van der Waals surface area contributed by atoms with E-state index in [1.807, 2.05) is 6.92 Å². The van der Waals surface area contributed by atoms with Crippen LogP contribution >= 0.6 is 0 Å². The molecule has 17 heavy (non-hydrogen) atoms. The highest BCUT2D eigenvalue weighted by Gasteiger charge is 2.11. The minimum Gasteiger partial charge on any atom is -0.382 e. The number of nitrogens with zero attached hydrogens (tertiary/aromatic N) is 2. The molecular formula is C12H20N4O. The second-order valence-electron chi connectivity index (χ2n) is 4.67. The van der Waals surface area contributed by atoms with E-state index in [1.165, 1.54) is 12.4 Å². The van der Waals surface area contributed by atoms with Gasteiger partial charge in [0.05, 0.1) is 12.4 Å². The number of hydrogen-bond acceptors (Lipinski definition) is 4. The van der Waals surface area contributed by atoms with Gasteiger partial charge in [-0.2, -0.15) is 0 Å². The topological polar surface area (TPSA) is 80.9 Å². The summed E-state index contributed by atoms with van der Waals surface area (Å²) in [6, 6.07) is 0.143. The van der Waals surface area contributed by atoms with Gasteiger partial charge in [-0.3, -0.25) is 4.79 Å². The fraction of sp³-hybridized carbons (Fsp3) is 0.583. The molecule has 0 spiro atoms. The van der Waals surface area contributed by atoms with Crippen LogP contribution in [-0.4, -0.2) is 21.9 Å². The Balaban J connectivity index is 2.46. The zero-order valence-electron chi connectivity index (χ0n) is 10.6. The number of carbonyl (C=O) groups is 1. The highest BCUT2D eigenvalue weighted by molar-refractivity contribution is 5.92. The zero-order valence-corrected chi connectivity index (χ0v) is 10.6. The summed E-state index contributed by atoms with van der Waals surface area (Å²) in [6.07, 6.45) is 4.83. The quantitative estimate of drug-likeness (QED) is 0.814. The summed E-state index contributed by atoms with van der Waals surface area (Å²) in [7, 11) is 0. The van der Waals surface area contributed by atoms with Crippen molar-refractivity contribution in [2.75, 3.05) is 5.73 Å². The van der Waals surface area contributed by atoms with Gasteiger partial charge in [0.1, 0.15) is 11.5 Å². The first-order valence-electron chi connectivity index (χ1n) is 5.87. The van der Waals surface area contributed by atoms with Gasteiger partial charge in [-0.1, -0.05) is 13.8 Å². The molecule has 1 amide bonds. The molecule has 1 unspecified atom stereocenters. The lowest BCUT2D eigenvalue weighted by Gasteiger charge is -2.14. The Morgan fingerprint density at radius 2 is 2.00 bits per heavy atom. The zero-order chi connectivity index (χ0) is 12.8. The van der Waals surface area contributed by atoms with Crippen molar-refractivity contribution in [3.8, 4) is 0 Å². The summed E-state index contributed by atoms with van der Waals surface area (Å²) in [5.74, 6) is 0.758. The first kappa shape index (κ1) is 13.4. The maximum atomic E-state index is 11.8. The third-order valence-corrected chi connectivity index (χ3v) is 2.46. The minimum atomic E-state index is -0.200. The Morgan fingerprint density at radius 3 is 2.53 bits per heavy atom. The van der Waals surface area contributed by atoms with E-state index in [2.05, 4.69) is 29.1 Å². The average molecular weight is 236 g/mol. The van der Waals surface area contributed by atoms with Crippen LogP contribution < -0.4 is 11.1 Å². The van der Waals surface area contributed by atoms with Crippen LogP contribution in [0.1, 0.15) is 44.1 Å². The van der Waals surface area contributed by atoms with Crippen LogP contribution in [0.25, 0.3) is 0 Å². The molecule has 1 aromatic rings. The third kappa shape index (κ3) is 4.80. The molecule has 1 aromatic heterocycles. The van der Waals surface area contributed by atoms with Crippen molar-refractivity contribution < 1.29 is 4.79 Å². The first-order valence-corrected chi connectivity index (χ1v) is 5.87. The molecule has 94 valence electrons. The van der Waals surface area contributed by atoms with E-state index in [-0.39, 0.29) is 11.9 Å². The first-order chi connectivity index (χ1) is 7.99. The van der Waals surface area contributed by atoms with Gasteiger partial charge in [0.15, 0.2) is 0 Å². The second kappa shape index (κ2) is 6.18. The molecular weight excluding hydrogens is 216 g/mol. The van der Waals surface area contributed by atoms with Gasteiger partial charge in [0.2, 0.25) is 0 Å². The number of nitrogens with one attached hydrogen (secondary N) is 1. The molecule has 1 atom stereocenters. The normalized spacial score (nSPS) is 12.5. The summed E-state index contributed by atoms with van der Waals surface area (Å²) >= 11 is 0. The molecule has 0 aliphatic carbocycles. The van der Waals surface area contributed by atoms with Crippen molar-refractivity contribution in [3.63, 3.8) is 0 Å². The van der Waals surface area contributed by atoms with Crippen molar-refractivity contribution in [2.24, 2.45) is 5.92 Å². The smallest absolute Gasteiger partial charge is 0.271 e. The van der Waals surface area contributed by atoms with E-state index in [1.54, 1.807) is 0 Å². The Labute approximate surface area is 102 Å². The molecule has 5 heteroatoms. The van der Waals surface area contributed by atoms with Gasteiger partial charge in [-0.25, -0.2) is 9.97 Å². The maximum Gasteiger partial charge on any atom is 0.271 e. The van der Waals surface area contributed by atoms with Crippen molar-refractivity contribution in [1.29, 1.82) is 0 Å². The largest absolute Gasteiger partial charge is 0.382 e. The Bertz CT molecular complexity index is 361. The average Bonchev–Trinajstić information content (AvgIpc) is 2.27. The molecule has 0 saturated heterocycles. The van der Waals surface area contributed by atoms with Gasteiger partial charge in [-0.15, -0.1) is 0 Å². The summed E-state index contributed by atoms with van der Waals surface area (Å²) < 4.78 is 0. The van der Waals surface area contributed by atoms with Crippen LogP contribution in [0, 0.1) is 5.92 Å². The van der Waals surface area contributed by atoms with Crippen LogP contribution in [0.5, 0.6) is 0 Å². The Morgan fingerprint density at radius 1 is 1.29 bits per heavy atom. The molecule has 0 bridgehead atoms. The fourth-order valence-electron chi connectivity index (χ4n) is 1.41. The monoisotopic (exact) mass is 236 g/mol. The van der Waals surface area contributed by atoms with E-state index in [9.17, 15) is 4.79 Å². The molecule has 0 aliphatic rings. The lowest BCUT2D eigenvalue weighted by Crippen LogP contribution is -2.33. The van der Waals surface area contributed by atoms with E-state index in [0.717, 1.165) is 12.8 Å². The van der Waals surface area contributed by atoms with Crippen molar-refractivity contribution in [2.45, 2.75) is 39.7 Å². The Kier molecular flexibility index (Phi) is 4.87. The van der Waals surface area contributed by atoms with E-state index in [0.29, 0.717) is 17.4 Å². The summed E-state index contributed by atoms with van der Waals surface area (Å²) in [5, 5.41) is 2.89. The number of nitrogens with two attached hydrogens (primary N) is 1. The number of carbonyl (C=O) groups excluding carboxylic acids is 1. The highest BCUT2D eigenvalue weighted by Crippen LogP contribution is 2.07. The standard InChI is InChI=1S/C12H20N4O/c1-8(2)4-5-9(3)16-12(17)10-6-15-11(13)7-14-10/h6-9H,4-5H2,1-3H3,(H2,13,15)(H,16,17). The molecule has 1 rings (SSSR count). The molecule has 1 heterocycles. The van der Waals surface area contributed by atoms with Gasteiger partial charge < -0.3 is 11.1 Å². The van der Waals surface area contributed by atoms with Crippen LogP contribution in [0.4, 0.5) is 5.82 Å². The number of hydrogen-bond donors (Lipinski definition) is 2. The predicted molar refractivity (Wildman–Crippen MR) is 67.4 cm³/mol. The number of anilines is 1. The fourth-order valence-corrected chi connectivity index (χ4v) is 1.41. The van der Waals surface area contributed by atoms with Crippen LogP contribution in [0.3, 0.4) is 0 Å². The van der Waals surface area contributed by atoms with Crippen LogP contribution in [-0.2, 0) is 0 Å². The highest BCUT2D eigenvalue weighted by atomic mass is 16.1. The molecule has 3 N–H and O–H groups in total. The van der Waals surface area contributed by atoms with E-state index in [4.69, 9.17) is 5.73 Å².